The molecule has 0 aliphatic heterocycles. The maximum absolute atomic E-state index is 11.0. The topological polar surface area (TPSA) is 37.3 Å². The van der Waals surface area contributed by atoms with Gasteiger partial charge in [-0.15, -0.1) is 0 Å². The molecule has 0 unspecified atom stereocenters. The minimum Gasteiger partial charge on any atom is -0.481 e. The van der Waals surface area contributed by atoms with Crippen molar-refractivity contribution < 1.29 is 9.90 Å². The fourth-order valence-electron chi connectivity index (χ4n) is 2.84. The Bertz CT molecular complexity index is 417. The smallest absolute Gasteiger partial charge is 0.304 e. The summed E-state index contributed by atoms with van der Waals surface area (Å²) in [4.78, 5) is 11.0. The molecule has 0 spiro atoms. The Hall–Kier alpha value is -1.31. The summed E-state index contributed by atoms with van der Waals surface area (Å²) in [6, 6.07) is 6.36. The standard InChI is InChI=1S/C14H18O2/c1-10-4-5-12(11(2)8-10)14(6-3-7-14)9-13(15)16/h4-5,8H,3,6-7,9H2,1-2H3,(H,15,16). The van der Waals surface area contributed by atoms with Gasteiger partial charge in [-0.3, -0.25) is 4.79 Å². The molecule has 0 bridgehead atoms. The highest BCUT2D eigenvalue weighted by Crippen LogP contribution is 2.47. The zero-order valence-electron chi connectivity index (χ0n) is 9.92. The van der Waals surface area contributed by atoms with Crippen LogP contribution in [-0.2, 0) is 10.2 Å². The van der Waals surface area contributed by atoms with Crippen LogP contribution in [0.15, 0.2) is 18.2 Å². The predicted molar refractivity (Wildman–Crippen MR) is 63.7 cm³/mol. The third-order valence-corrected chi connectivity index (χ3v) is 3.75. The first-order valence-electron chi connectivity index (χ1n) is 5.83. The van der Waals surface area contributed by atoms with Crippen LogP contribution in [0.1, 0.15) is 42.4 Å². The summed E-state index contributed by atoms with van der Waals surface area (Å²) >= 11 is 0. The average molecular weight is 218 g/mol. The first kappa shape index (κ1) is 11.2. The van der Waals surface area contributed by atoms with Crippen molar-refractivity contribution in [3.63, 3.8) is 0 Å². The van der Waals surface area contributed by atoms with Crippen molar-refractivity contribution in [1.82, 2.24) is 0 Å². The second-order valence-corrected chi connectivity index (χ2v) is 5.02. The van der Waals surface area contributed by atoms with Crippen LogP contribution in [0.3, 0.4) is 0 Å². The highest BCUT2D eigenvalue weighted by molar-refractivity contribution is 5.69. The Kier molecular flexibility index (Phi) is 2.75. The van der Waals surface area contributed by atoms with Gasteiger partial charge in [-0.25, -0.2) is 0 Å². The lowest BCUT2D eigenvalue weighted by molar-refractivity contribution is -0.139. The molecule has 2 rings (SSSR count). The van der Waals surface area contributed by atoms with Crippen molar-refractivity contribution in [1.29, 1.82) is 0 Å². The van der Waals surface area contributed by atoms with Gasteiger partial charge < -0.3 is 5.11 Å². The van der Waals surface area contributed by atoms with Crippen molar-refractivity contribution in [3.05, 3.63) is 34.9 Å². The van der Waals surface area contributed by atoms with Gasteiger partial charge in [-0.2, -0.15) is 0 Å². The van der Waals surface area contributed by atoms with Crippen molar-refractivity contribution in [2.45, 2.75) is 44.9 Å². The van der Waals surface area contributed by atoms with Gasteiger partial charge in [-0.05, 0) is 37.8 Å². The number of hydrogen-bond donors (Lipinski definition) is 1. The van der Waals surface area contributed by atoms with Gasteiger partial charge in [0.2, 0.25) is 0 Å². The number of rotatable bonds is 3. The van der Waals surface area contributed by atoms with E-state index in [4.69, 9.17) is 5.11 Å². The Balaban J connectivity index is 2.36. The van der Waals surface area contributed by atoms with Crippen molar-refractivity contribution in [3.8, 4) is 0 Å². The third kappa shape index (κ3) is 1.84. The summed E-state index contributed by atoms with van der Waals surface area (Å²) in [6.07, 6.45) is 3.46. The summed E-state index contributed by atoms with van der Waals surface area (Å²) in [7, 11) is 0. The highest BCUT2D eigenvalue weighted by atomic mass is 16.4. The molecule has 1 aliphatic rings. The summed E-state index contributed by atoms with van der Waals surface area (Å²) < 4.78 is 0. The van der Waals surface area contributed by atoms with Crippen molar-refractivity contribution >= 4 is 5.97 Å². The van der Waals surface area contributed by atoms with E-state index in [0.29, 0.717) is 0 Å². The molecule has 0 atom stereocenters. The SMILES string of the molecule is Cc1ccc(C2(CC(=O)O)CCC2)c(C)c1. The van der Waals surface area contributed by atoms with Crippen LogP contribution in [0.2, 0.25) is 0 Å². The Morgan fingerprint density at radius 2 is 2.06 bits per heavy atom. The van der Waals surface area contributed by atoms with Crippen LogP contribution in [0.4, 0.5) is 0 Å². The average Bonchev–Trinajstić information content (AvgIpc) is 2.12. The molecule has 16 heavy (non-hydrogen) atoms. The van der Waals surface area contributed by atoms with E-state index in [9.17, 15) is 4.79 Å². The summed E-state index contributed by atoms with van der Waals surface area (Å²) in [5.41, 5.74) is 3.64. The molecular formula is C14H18O2. The van der Waals surface area contributed by atoms with E-state index < -0.39 is 5.97 Å². The Labute approximate surface area is 96.3 Å². The van der Waals surface area contributed by atoms with Gasteiger partial charge in [0.15, 0.2) is 0 Å². The van der Waals surface area contributed by atoms with Crippen molar-refractivity contribution in [2.24, 2.45) is 0 Å². The summed E-state index contributed by atoms with van der Waals surface area (Å²) in [5, 5.41) is 9.02. The van der Waals surface area contributed by atoms with E-state index >= 15 is 0 Å². The Morgan fingerprint density at radius 3 is 2.50 bits per heavy atom. The van der Waals surface area contributed by atoms with E-state index in [-0.39, 0.29) is 11.8 Å². The molecule has 1 N–H and O–H groups in total. The number of carboxylic acid groups (broad SMARTS) is 1. The summed E-state index contributed by atoms with van der Waals surface area (Å²) in [6.45, 7) is 4.16. The number of benzene rings is 1. The fourth-order valence-corrected chi connectivity index (χ4v) is 2.84. The van der Waals surface area contributed by atoms with E-state index in [1.165, 1.54) is 16.7 Å². The van der Waals surface area contributed by atoms with E-state index in [0.717, 1.165) is 19.3 Å². The highest BCUT2D eigenvalue weighted by Gasteiger charge is 2.41. The second-order valence-electron chi connectivity index (χ2n) is 5.02. The van der Waals surface area contributed by atoms with Crippen LogP contribution in [0.25, 0.3) is 0 Å². The minimum atomic E-state index is -0.681. The lowest BCUT2D eigenvalue weighted by Gasteiger charge is -2.42. The minimum absolute atomic E-state index is 0.0797. The van der Waals surface area contributed by atoms with Gasteiger partial charge in [0.05, 0.1) is 6.42 Å². The molecule has 1 aliphatic carbocycles. The Morgan fingerprint density at radius 1 is 1.38 bits per heavy atom. The molecule has 1 aromatic carbocycles. The zero-order chi connectivity index (χ0) is 11.8. The second kappa shape index (κ2) is 3.93. The van der Waals surface area contributed by atoms with Crippen LogP contribution in [0.5, 0.6) is 0 Å². The molecule has 2 nitrogen and oxygen atoms in total. The molecule has 86 valence electrons. The molecule has 0 saturated heterocycles. The van der Waals surface area contributed by atoms with Crippen molar-refractivity contribution in [2.75, 3.05) is 0 Å². The normalized spacial score (nSPS) is 17.9. The monoisotopic (exact) mass is 218 g/mol. The summed E-state index contributed by atoms with van der Waals surface area (Å²) in [5.74, 6) is -0.681. The maximum atomic E-state index is 11.0. The molecule has 1 fully saturated rings. The van der Waals surface area contributed by atoms with Gasteiger partial charge >= 0.3 is 5.97 Å². The first-order valence-corrected chi connectivity index (χ1v) is 5.83. The maximum Gasteiger partial charge on any atom is 0.304 e. The van der Waals surface area contributed by atoms with Crippen LogP contribution < -0.4 is 0 Å². The molecule has 1 saturated carbocycles. The first-order chi connectivity index (χ1) is 7.53. The molecular weight excluding hydrogens is 200 g/mol. The number of carbonyl (C=O) groups is 1. The van der Waals surface area contributed by atoms with Gasteiger partial charge in [0.25, 0.3) is 0 Å². The van der Waals surface area contributed by atoms with Crippen LogP contribution >= 0.6 is 0 Å². The zero-order valence-corrected chi connectivity index (χ0v) is 9.92. The van der Waals surface area contributed by atoms with Crippen LogP contribution in [0, 0.1) is 13.8 Å². The largest absolute Gasteiger partial charge is 0.481 e. The molecule has 1 aromatic rings. The van der Waals surface area contributed by atoms with E-state index in [2.05, 4.69) is 32.0 Å². The van der Waals surface area contributed by atoms with Gasteiger partial charge in [0, 0.05) is 5.41 Å². The van der Waals surface area contributed by atoms with Crippen LogP contribution in [-0.4, -0.2) is 11.1 Å². The number of hydrogen-bond acceptors (Lipinski definition) is 1. The molecule has 0 aromatic heterocycles. The van der Waals surface area contributed by atoms with Gasteiger partial charge in [-0.1, -0.05) is 30.2 Å². The molecule has 2 heteroatoms. The van der Waals surface area contributed by atoms with E-state index in [1.54, 1.807) is 0 Å². The lowest BCUT2D eigenvalue weighted by atomic mass is 9.61. The van der Waals surface area contributed by atoms with E-state index in [1.807, 2.05) is 0 Å². The number of aryl methyl sites for hydroxylation is 2. The predicted octanol–water partition coefficient (Wildman–Crippen LogP) is 3.20. The molecule has 0 heterocycles. The molecule has 0 amide bonds. The fraction of sp³-hybridized carbons (Fsp3) is 0.500. The number of carboxylic acids is 1. The quantitative estimate of drug-likeness (QED) is 0.845. The number of aliphatic carboxylic acids is 1. The third-order valence-electron chi connectivity index (χ3n) is 3.75. The molecule has 0 radical (unpaired) electrons. The van der Waals surface area contributed by atoms with Gasteiger partial charge in [0.1, 0.15) is 0 Å². The lowest BCUT2D eigenvalue weighted by Crippen LogP contribution is -2.37.